The van der Waals surface area contributed by atoms with Crippen LogP contribution in [0.2, 0.25) is 0 Å². The molecular weight excluding hydrogens is 274 g/mol. The van der Waals surface area contributed by atoms with Gasteiger partial charge in [0.25, 0.3) is 5.91 Å². The van der Waals surface area contributed by atoms with Gasteiger partial charge >= 0.3 is 5.97 Å². The van der Waals surface area contributed by atoms with Gasteiger partial charge in [0.1, 0.15) is 17.5 Å². The number of benzene rings is 1. The minimum absolute atomic E-state index is 0.306. The number of carboxylic acid groups (broad SMARTS) is 1. The van der Waals surface area contributed by atoms with Crippen molar-refractivity contribution in [1.82, 2.24) is 4.90 Å². The van der Waals surface area contributed by atoms with Crippen LogP contribution in [0.3, 0.4) is 0 Å². The van der Waals surface area contributed by atoms with Crippen LogP contribution >= 0.6 is 0 Å². The zero-order chi connectivity index (χ0) is 15.4. The lowest BCUT2D eigenvalue weighted by Crippen LogP contribution is -2.47. The fourth-order valence-corrected chi connectivity index (χ4v) is 2.53. The van der Waals surface area contributed by atoms with Crippen molar-refractivity contribution in [2.24, 2.45) is 0 Å². The van der Waals surface area contributed by atoms with Crippen molar-refractivity contribution in [3.63, 3.8) is 0 Å². The van der Waals surface area contributed by atoms with E-state index >= 15 is 0 Å². The first-order valence-electron chi connectivity index (χ1n) is 6.83. The van der Waals surface area contributed by atoms with Crippen LogP contribution in [-0.2, 0) is 4.79 Å². The van der Waals surface area contributed by atoms with Crippen molar-refractivity contribution in [1.29, 1.82) is 0 Å². The molecule has 0 aromatic heterocycles. The molecule has 114 valence electrons. The second-order valence-corrected chi connectivity index (χ2v) is 4.95. The van der Waals surface area contributed by atoms with Crippen molar-refractivity contribution in [2.45, 2.75) is 25.3 Å². The molecule has 6 heteroatoms. The van der Waals surface area contributed by atoms with Crippen LogP contribution in [0.15, 0.2) is 18.2 Å². The number of rotatable bonds is 4. The smallest absolute Gasteiger partial charge is 0.326 e. The number of piperidine rings is 1. The molecular formula is C15H19NO5. The molecule has 1 aromatic rings. The number of likely N-dealkylation sites (tertiary alicyclic amines) is 1. The minimum atomic E-state index is -0.960. The molecule has 6 nitrogen and oxygen atoms in total. The monoisotopic (exact) mass is 293 g/mol. The zero-order valence-electron chi connectivity index (χ0n) is 12.2. The third kappa shape index (κ3) is 3.26. The van der Waals surface area contributed by atoms with E-state index in [0.717, 1.165) is 12.8 Å². The van der Waals surface area contributed by atoms with Crippen LogP contribution < -0.4 is 9.47 Å². The van der Waals surface area contributed by atoms with Gasteiger partial charge in [-0.15, -0.1) is 0 Å². The maximum atomic E-state index is 12.6. The average Bonchev–Trinajstić information content (AvgIpc) is 2.53. The number of nitrogens with zero attached hydrogens (tertiary/aromatic N) is 1. The maximum absolute atomic E-state index is 12.6. The SMILES string of the molecule is COc1cc(OC)cc(C(=O)N2CCCCC2C(=O)O)c1. The van der Waals surface area contributed by atoms with Crippen LogP contribution in [0.1, 0.15) is 29.6 Å². The molecule has 0 aliphatic carbocycles. The summed E-state index contributed by atoms with van der Waals surface area (Å²) in [4.78, 5) is 25.3. The molecule has 21 heavy (non-hydrogen) atoms. The first-order chi connectivity index (χ1) is 10.1. The van der Waals surface area contributed by atoms with E-state index in [1.54, 1.807) is 18.2 Å². The zero-order valence-corrected chi connectivity index (χ0v) is 12.2. The third-order valence-corrected chi connectivity index (χ3v) is 3.65. The van der Waals surface area contributed by atoms with Gasteiger partial charge in [-0.05, 0) is 31.4 Å². The predicted octanol–water partition coefficient (Wildman–Crippen LogP) is 1.78. The standard InChI is InChI=1S/C15H19NO5/c1-20-11-7-10(8-12(9-11)21-2)14(17)16-6-4-3-5-13(16)15(18)19/h7-9,13H,3-6H2,1-2H3,(H,18,19). The molecule has 1 aliphatic rings. The molecule has 1 heterocycles. The Morgan fingerprint density at radius 2 is 1.76 bits per heavy atom. The highest BCUT2D eigenvalue weighted by Crippen LogP contribution is 2.26. The van der Waals surface area contributed by atoms with E-state index in [2.05, 4.69) is 0 Å². The summed E-state index contributed by atoms with van der Waals surface area (Å²) >= 11 is 0. The van der Waals surface area contributed by atoms with Crippen molar-refractivity contribution >= 4 is 11.9 Å². The van der Waals surface area contributed by atoms with E-state index in [-0.39, 0.29) is 5.91 Å². The molecule has 0 saturated carbocycles. The number of carbonyl (C=O) groups is 2. The highest BCUT2D eigenvalue weighted by molar-refractivity contribution is 5.97. The molecule has 1 unspecified atom stereocenters. The summed E-state index contributed by atoms with van der Waals surface area (Å²) in [6.45, 7) is 0.454. The molecule has 0 bridgehead atoms. The van der Waals surface area contributed by atoms with Gasteiger partial charge in [-0.25, -0.2) is 4.79 Å². The van der Waals surface area contributed by atoms with E-state index in [9.17, 15) is 14.7 Å². The Hall–Kier alpha value is -2.24. The van der Waals surface area contributed by atoms with Gasteiger partial charge in [0.2, 0.25) is 0 Å². The van der Waals surface area contributed by atoms with Crippen molar-refractivity contribution < 1.29 is 24.2 Å². The lowest BCUT2D eigenvalue weighted by molar-refractivity contribution is -0.143. The number of carbonyl (C=O) groups excluding carboxylic acids is 1. The van der Waals surface area contributed by atoms with E-state index < -0.39 is 12.0 Å². The van der Waals surface area contributed by atoms with Crippen LogP contribution in [0.4, 0.5) is 0 Å². The summed E-state index contributed by atoms with van der Waals surface area (Å²) in [6, 6.07) is 4.10. The molecule has 1 fully saturated rings. The molecule has 1 aliphatic heterocycles. The Balaban J connectivity index is 2.31. The molecule has 1 aromatic carbocycles. The summed E-state index contributed by atoms with van der Waals surface area (Å²) in [5.41, 5.74) is 0.374. The highest BCUT2D eigenvalue weighted by atomic mass is 16.5. The normalized spacial score (nSPS) is 18.2. The van der Waals surface area contributed by atoms with E-state index in [1.165, 1.54) is 19.1 Å². The van der Waals surface area contributed by atoms with Gasteiger partial charge in [0, 0.05) is 18.2 Å². The predicted molar refractivity (Wildman–Crippen MR) is 75.9 cm³/mol. The largest absolute Gasteiger partial charge is 0.497 e. The second-order valence-electron chi connectivity index (χ2n) is 4.95. The van der Waals surface area contributed by atoms with E-state index in [0.29, 0.717) is 30.0 Å². The summed E-state index contributed by atoms with van der Waals surface area (Å²) in [7, 11) is 3.01. The fourth-order valence-electron chi connectivity index (χ4n) is 2.53. The van der Waals surface area contributed by atoms with Crippen molar-refractivity contribution in [2.75, 3.05) is 20.8 Å². The van der Waals surface area contributed by atoms with Crippen LogP contribution in [0.25, 0.3) is 0 Å². The number of hydrogen-bond acceptors (Lipinski definition) is 4. The maximum Gasteiger partial charge on any atom is 0.326 e. The number of methoxy groups -OCH3 is 2. The van der Waals surface area contributed by atoms with Gasteiger partial charge in [0.05, 0.1) is 14.2 Å². The second kappa shape index (κ2) is 6.47. The van der Waals surface area contributed by atoms with Crippen LogP contribution in [0, 0.1) is 0 Å². The number of ether oxygens (including phenoxy) is 2. The molecule has 1 N–H and O–H groups in total. The number of aliphatic carboxylic acids is 1. The Morgan fingerprint density at radius 1 is 1.14 bits per heavy atom. The first-order valence-corrected chi connectivity index (χ1v) is 6.83. The molecule has 1 saturated heterocycles. The Bertz CT molecular complexity index is 521. The number of hydrogen-bond donors (Lipinski definition) is 1. The minimum Gasteiger partial charge on any atom is -0.497 e. The molecule has 0 spiro atoms. The van der Waals surface area contributed by atoms with Gasteiger partial charge in [0.15, 0.2) is 0 Å². The molecule has 0 radical (unpaired) electrons. The number of amides is 1. The Labute approximate surface area is 123 Å². The molecule has 1 atom stereocenters. The lowest BCUT2D eigenvalue weighted by atomic mass is 10.0. The fraction of sp³-hybridized carbons (Fsp3) is 0.467. The number of carboxylic acids is 1. The van der Waals surface area contributed by atoms with Crippen molar-refractivity contribution in [3.8, 4) is 11.5 Å². The summed E-state index contributed by atoms with van der Waals surface area (Å²) in [5, 5.41) is 9.26. The topological polar surface area (TPSA) is 76.1 Å². The van der Waals surface area contributed by atoms with Gasteiger partial charge in [-0.1, -0.05) is 0 Å². The Morgan fingerprint density at radius 3 is 2.29 bits per heavy atom. The summed E-state index contributed by atoms with van der Waals surface area (Å²) in [5.74, 6) is -0.264. The van der Waals surface area contributed by atoms with E-state index in [1.807, 2.05) is 0 Å². The average molecular weight is 293 g/mol. The van der Waals surface area contributed by atoms with E-state index in [4.69, 9.17) is 9.47 Å². The lowest BCUT2D eigenvalue weighted by Gasteiger charge is -2.33. The first kappa shape index (κ1) is 15.2. The quantitative estimate of drug-likeness (QED) is 0.915. The molecule has 1 amide bonds. The third-order valence-electron chi connectivity index (χ3n) is 3.65. The van der Waals surface area contributed by atoms with Crippen LogP contribution in [0.5, 0.6) is 11.5 Å². The molecule has 2 rings (SSSR count). The van der Waals surface area contributed by atoms with Crippen LogP contribution in [-0.4, -0.2) is 48.7 Å². The van der Waals surface area contributed by atoms with Crippen molar-refractivity contribution in [3.05, 3.63) is 23.8 Å². The highest BCUT2D eigenvalue weighted by Gasteiger charge is 2.32. The summed E-state index contributed by atoms with van der Waals surface area (Å²) < 4.78 is 10.3. The van der Waals surface area contributed by atoms with Gasteiger partial charge in [-0.2, -0.15) is 0 Å². The van der Waals surface area contributed by atoms with Gasteiger partial charge in [-0.3, -0.25) is 4.79 Å². The Kier molecular flexibility index (Phi) is 4.67. The van der Waals surface area contributed by atoms with Gasteiger partial charge < -0.3 is 19.5 Å². The summed E-state index contributed by atoms with van der Waals surface area (Å²) in [6.07, 6.45) is 2.13.